The van der Waals surface area contributed by atoms with Crippen LogP contribution in [-0.2, 0) is 0 Å². The molecule has 0 heterocycles. The number of carbonyl (C=O) groups excluding carboxylic acids is 1. The molecule has 2 aromatic rings. The molecule has 0 saturated carbocycles. The summed E-state index contributed by atoms with van der Waals surface area (Å²) in [6.45, 7) is 2.16. The van der Waals surface area contributed by atoms with Gasteiger partial charge in [-0.2, -0.15) is 0 Å². The molecule has 0 bridgehead atoms. The molecule has 0 aliphatic heterocycles. The molecule has 2 rings (SSSR count). The van der Waals surface area contributed by atoms with E-state index in [9.17, 15) is 18.0 Å². The van der Waals surface area contributed by atoms with Crippen molar-refractivity contribution >= 4 is 6.29 Å². The topological polar surface area (TPSA) is 26.3 Å². The summed E-state index contributed by atoms with van der Waals surface area (Å²) in [7, 11) is 0. The fourth-order valence-electron chi connectivity index (χ4n) is 1.86. The Bertz CT molecular complexity index is 654. The Morgan fingerprint density at radius 1 is 1.00 bits per heavy atom. The normalized spacial score (nSPS) is 10.4. The van der Waals surface area contributed by atoms with Crippen LogP contribution in [-0.4, -0.2) is 12.9 Å². The molecular formula is C15H11F3O2. The number of ether oxygens (including phenoxy) is 1. The summed E-state index contributed by atoms with van der Waals surface area (Å²) in [5.41, 5.74) is 0.133. The van der Waals surface area contributed by atoms with Gasteiger partial charge in [0, 0.05) is 17.2 Å². The molecule has 0 amide bonds. The predicted octanol–water partition coefficient (Wildman–Crippen LogP) is 3.98. The van der Waals surface area contributed by atoms with Gasteiger partial charge in [-0.25, -0.2) is 13.2 Å². The maximum Gasteiger partial charge on any atom is 0.161 e. The monoisotopic (exact) mass is 280 g/mol. The Labute approximate surface area is 113 Å². The largest absolute Gasteiger partial charge is 0.494 e. The first kappa shape index (κ1) is 14.1. The van der Waals surface area contributed by atoms with Gasteiger partial charge < -0.3 is 4.74 Å². The zero-order valence-corrected chi connectivity index (χ0v) is 10.6. The molecule has 0 aliphatic carbocycles. The minimum Gasteiger partial charge on any atom is -0.494 e. The van der Waals surface area contributed by atoms with Crippen LogP contribution in [0.15, 0.2) is 30.3 Å². The zero-order valence-electron chi connectivity index (χ0n) is 10.6. The van der Waals surface area contributed by atoms with Crippen molar-refractivity contribution in [3.63, 3.8) is 0 Å². The second-order valence-corrected chi connectivity index (χ2v) is 4.05. The molecule has 0 N–H and O–H groups in total. The number of carbonyl (C=O) groups is 1. The summed E-state index contributed by atoms with van der Waals surface area (Å²) < 4.78 is 45.3. The summed E-state index contributed by atoms with van der Waals surface area (Å²) in [6.07, 6.45) is 0.520. The highest BCUT2D eigenvalue weighted by molar-refractivity contribution is 5.88. The Kier molecular flexibility index (Phi) is 4.08. The highest BCUT2D eigenvalue weighted by atomic mass is 19.2. The lowest BCUT2D eigenvalue weighted by Gasteiger charge is -2.10. The minimum atomic E-state index is -1.28. The van der Waals surface area contributed by atoms with Gasteiger partial charge in [0.15, 0.2) is 17.9 Å². The first-order chi connectivity index (χ1) is 9.56. The molecule has 2 aromatic carbocycles. The number of hydrogen-bond acceptors (Lipinski definition) is 2. The van der Waals surface area contributed by atoms with Crippen LogP contribution in [0, 0.1) is 17.5 Å². The number of halogens is 3. The van der Waals surface area contributed by atoms with Crippen molar-refractivity contribution in [1.82, 2.24) is 0 Å². The van der Waals surface area contributed by atoms with E-state index in [-0.39, 0.29) is 16.7 Å². The average molecular weight is 280 g/mol. The van der Waals surface area contributed by atoms with E-state index in [1.54, 1.807) is 13.0 Å². The first-order valence-electron chi connectivity index (χ1n) is 5.93. The van der Waals surface area contributed by atoms with E-state index in [0.717, 1.165) is 6.07 Å². The molecule has 20 heavy (non-hydrogen) atoms. The molecule has 0 fully saturated rings. The van der Waals surface area contributed by atoms with Crippen molar-refractivity contribution < 1.29 is 22.7 Å². The van der Waals surface area contributed by atoms with Gasteiger partial charge in [-0.1, -0.05) is 0 Å². The van der Waals surface area contributed by atoms with Gasteiger partial charge in [0.05, 0.1) is 6.61 Å². The molecule has 0 unspecified atom stereocenters. The number of rotatable bonds is 4. The van der Waals surface area contributed by atoms with Gasteiger partial charge in [0.25, 0.3) is 0 Å². The zero-order chi connectivity index (χ0) is 14.7. The smallest absolute Gasteiger partial charge is 0.161 e. The first-order valence-corrected chi connectivity index (χ1v) is 5.93. The molecule has 0 saturated heterocycles. The lowest BCUT2D eigenvalue weighted by atomic mass is 9.99. The van der Waals surface area contributed by atoms with Gasteiger partial charge in [-0.3, -0.25) is 4.79 Å². The average Bonchev–Trinajstić information content (AvgIpc) is 2.43. The summed E-state index contributed by atoms with van der Waals surface area (Å²) in [6, 6.07) is 5.58. The molecular weight excluding hydrogens is 269 g/mol. The van der Waals surface area contributed by atoms with Crippen molar-refractivity contribution in [3.8, 4) is 16.9 Å². The van der Waals surface area contributed by atoms with Gasteiger partial charge >= 0.3 is 0 Å². The third-order valence-electron chi connectivity index (χ3n) is 2.76. The standard InChI is InChI=1S/C15H11F3O2/c1-2-20-10-4-3-9(8-19)11(5-10)12-6-14(17)15(18)7-13(12)16/h3-8H,2H2,1H3. The summed E-state index contributed by atoms with van der Waals surface area (Å²) in [5, 5.41) is 0. The van der Waals surface area contributed by atoms with Crippen LogP contribution >= 0.6 is 0 Å². The second-order valence-electron chi connectivity index (χ2n) is 4.05. The van der Waals surface area contributed by atoms with E-state index in [0.29, 0.717) is 24.7 Å². The third kappa shape index (κ3) is 2.66. The highest BCUT2D eigenvalue weighted by Gasteiger charge is 2.15. The number of aldehydes is 1. The predicted molar refractivity (Wildman–Crippen MR) is 68.3 cm³/mol. The van der Waals surface area contributed by atoms with Gasteiger partial charge in [0.1, 0.15) is 11.6 Å². The fourth-order valence-corrected chi connectivity index (χ4v) is 1.86. The summed E-state index contributed by atoms with van der Waals surface area (Å²) in [4.78, 5) is 11.0. The summed E-state index contributed by atoms with van der Waals surface area (Å²) >= 11 is 0. The molecule has 0 aromatic heterocycles. The van der Waals surface area contributed by atoms with E-state index in [4.69, 9.17) is 4.74 Å². The van der Waals surface area contributed by atoms with Crippen LogP contribution in [0.5, 0.6) is 5.75 Å². The van der Waals surface area contributed by atoms with E-state index < -0.39 is 17.5 Å². The van der Waals surface area contributed by atoms with Gasteiger partial charge in [0.2, 0.25) is 0 Å². The molecule has 104 valence electrons. The van der Waals surface area contributed by atoms with E-state index in [1.165, 1.54) is 12.1 Å². The van der Waals surface area contributed by atoms with Crippen LogP contribution in [0.4, 0.5) is 13.2 Å². The van der Waals surface area contributed by atoms with Crippen LogP contribution in [0.3, 0.4) is 0 Å². The van der Waals surface area contributed by atoms with Gasteiger partial charge in [-0.15, -0.1) is 0 Å². The number of benzene rings is 2. The molecule has 2 nitrogen and oxygen atoms in total. The third-order valence-corrected chi connectivity index (χ3v) is 2.76. The molecule has 5 heteroatoms. The van der Waals surface area contributed by atoms with Crippen LogP contribution in [0.25, 0.3) is 11.1 Å². The van der Waals surface area contributed by atoms with E-state index >= 15 is 0 Å². The Morgan fingerprint density at radius 2 is 1.70 bits per heavy atom. The van der Waals surface area contributed by atoms with Crippen molar-refractivity contribution in [2.45, 2.75) is 6.92 Å². The number of hydrogen-bond donors (Lipinski definition) is 0. The van der Waals surface area contributed by atoms with Crippen LogP contribution < -0.4 is 4.74 Å². The quantitative estimate of drug-likeness (QED) is 0.625. The van der Waals surface area contributed by atoms with Gasteiger partial charge in [-0.05, 0) is 36.8 Å². The van der Waals surface area contributed by atoms with Crippen LogP contribution in [0.1, 0.15) is 17.3 Å². The lowest BCUT2D eigenvalue weighted by Crippen LogP contribution is -1.97. The Morgan fingerprint density at radius 3 is 2.35 bits per heavy atom. The molecule has 0 atom stereocenters. The SMILES string of the molecule is CCOc1ccc(C=O)c(-c2cc(F)c(F)cc2F)c1. The second kappa shape index (κ2) is 5.77. The lowest BCUT2D eigenvalue weighted by molar-refractivity contribution is 0.112. The van der Waals surface area contributed by atoms with Crippen LogP contribution in [0.2, 0.25) is 0 Å². The Hall–Kier alpha value is -2.30. The maximum atomic E-state index is 13.8. The fraction of sp³-hybridized carbons (Fsp3) is 0.133. The molecule has 0 spiro atoms. The van der Waals surface area contributed by atoms with E-state index in [2.05, 4.69) is 0 Å². The molecule has 0 aliphatic rings. The Balaban J connectivity index is 2.63. The van der Waals surface area contributed by atoms with Crippen molar-refractivity contribution in [2.24, 2.45) is 0 Å². The summed E-state index contributed by atoms with van der Waals surface area (Å²) in [5.74, 6) is -2.99. The van der Waals surface area contributed by atoms with Crippen molar-refractivity contribution in [1.29, 1.82) is 0 Å². The minimum absolute atomic E-state index is 0.155. The highest BCUT2D eigenvalue weighted by Crippen LogP contribution is 2.30. The maximum absolute atomic E-state index is 13.8. The van der Waals surface area contributed by atoms with E-state index in [1.807, 2.05) is 0 Å². The van der Waals surface area contributed by atoms with Crippen molar-refractivity contribution in [2.75, 3.05) is 6.61 Å². The molecule has 0 radical (unpaired) electrons. The van der Waals surface area contributed by atoms with Crippen molar-refractivity contribution in [3.05, 3.63) is 53.3 Å².